The molecular weight excluding hydrogens is 528 g/mol. The fraction of sp³-hybridized carbons (Fsp3) is 0.457. The van der Waals surface area contributed by atoms with Crippen molar-refractivity contribution in [1.29, 1.82) is 0 Å². The lowest BCUT2D eigenvalue weighted by atomic mass is 9.55. The standard InChI is InChI=1S/C35H40N2O5/c1-24(38)41-32-10-6-9-30(20-32)34-17-18-37(22-26-11-12-26)23-35(34,42-25(2)39)16-15-31(21-34)36(3)33(40)29-14-13-27-7-4-5-8-28(27)19-29/h4-10,13-14,19-20,26,31H,11-12,15-18,21-23H2,1-3H3/t31-,34-,35-/m0/s1. The molecule has 1 aliphatic heterocycles. The SMILES string of the molecule is CC(=O)Oc1cccc([C@@]23CCN(CC4CC4)C[C@@]2(OC(C)=O)CC[C@H](N(C)C(=O)c2ccc4ccccc4c2)C3)c1. The van der Waals surface area contributed by atoms with Crippen molar-refractivity contribution in [1.82, 2.24) is 9.80 Å². The predicted molar refractivity (Wildman–Crippen MR) is 161 cm³/mol. The summed E-state index contributed by atoms with van der Waals surface area (Å²) in [6, 6.07) is 21.6. The maximum absolute atomic E-state index is 13.9. The minimum absolute atomic E-state index is 0.0132. The Hall–Kier alpha value is -3.71. The smallest absolute Gasteiger partial charge is 0.308 e. The first-order valence-corrected chi connectivity index (χ1v) is 15.1. The van der Waals surface area contributed by atoms with Crippen molar-refractivity contribution in [3.05, 3.63) is 77.9 Å². The lowest BCUT2D eigenvalue weighted by Crippen LogP contribution is -2.68. The molecule has 1 amide bonds. The molecule has 42 heavy (non-hydrogen) atoms. The van der Waals surface area contributed by atoms with E-state index in [4.69, 9.17) is 9.47 Å². The molecule has 3 aromatic carbocycles. The van der Waals surface area contributed by atoms with Crippen LogP contribution in [0.15, 0.2) is 66.7 Å². The number of hydrogen-bond acceptors (Lipinski definition) is 6. The van der Waals surface area contributed by atoms with Crippen LogP contribution < -0.4 is 4.74 Å². The molecule has 2 aliphatic carbocycles. The second kappa shape index (κ2) is 11.2. The molecule has 220 valence electrons. The Kier molecular flexibility index (Phi) is 7.56. The normalized spacial score (nSPS) is 25.8. The molecule has 0 aromatic heterocycles. The van der Waals surface area contributed by atoms with E-state index in [2.05, 4.69) is 11.0 Å². The number of ether oxygens (including phenoxy) is 2. The number of amides is 1. The molecule has 7 heteroatoms. The minimum atomic E-state index is -0.746. The lowest BCUT2D eigenvalue weighted by Gasteiger charge is -2.60. The van der Waals surface area contributed by atoms with Gasteiger partial charge >= 0.3 is 11.9 Å². The highest BCUT2D eigenvalue weighted by Crippen LogP contribution is 2.55. The summed E-state index contributed by atoms with van der Waals surface area (Å²) < 4.78 is 11.9. The van der Waals surface area contributed by atoms with Crippen molar-refractivity contribution in [2.24, 2.45) is 5.92 Å². The number of rotatable bonds is 7. The van der Waals surface area contributed by atoms with Crippen molar-refractivity contribution >= 4 is 28.6 Å². The monoisotopic (exact) mass is 568 g/mol. The van der Waals surface area contributed by atoms with Gasteiger partial charge in [0.2, 0.25) is 0 Å². The summed E-state index contributed by atoms with van der Waals surface area (Å²) in [5, 5.41) is 2.14. The molecular formula is C35H40N2O5. The summed E-state index contributed by atoms with van der Waals surface area (Å²) >= 11 is 0. The maximum Gasteiger partial charge on any atom is 0.308 e. The van der Waals surface area contributed by atoms with Gasteiger partial charge in [0.15, 0.2) is 0 Å². The molecule has 1 heterocycles. The van der Waals surface area contributed by atoms with Crippen molar-refractivity contribution in [2.45, 2.75) is 69.4 Å². The predicted octanol–water partition coefficient (Wildman–Crippen LogP) is 5.75. The summed E-state index contributed by atoms with van der Waals surface area (Å²) in [6.45, 7) is 5.46. The molecule has 0 bridgehead atoms. The van der Waals surface area contributed by atoms with E-state index >= 15 is 0 Å². The van der Waals surface area contributed by atoms with Crippen LogP contribution in [0.2, 0.25) is 0 Å². The number of esters is 2. The molecule has 3 aromatic rings. The van der Waals surface area contributed by atoms with Crippen LogP contribution in [0.5, 0.6) is 5.75 Å². The Morgan fingerprint density at radius 1 is 0.905 bits per heavy atom. The zero-order chi connectivity index (χ0) is 29.5. The van der Waals surface area contributed by atoms with Gasteiger partial charge in [0, 0.05) is 51.0 Å². The average molecular weight is 569 g/mol. The van der Waals surface area contributed by atoms with Crippen LogP contribution in [0.25, 0.3) is 10.8 Å². The second-order valence-electron chi connectivity index (χ2n) is 12.6. The Bertz CT molecular complexity index is 1520. The summed E-state index contributed by atoms with van der Waals surface area (Å²) in [5.41, 5.74) is 0.364. The van der Waals surface area contributed by atoms with Crippen LogP contribution in [0, 0.1) is 5.92 Å². The molecule has 2 saturated carbocycles. The van der Waals surface area contributed by atoms with Gasteiger partial charge < -0.3 is 14.4 Å². The van der Waals surface area contributed by atoms with Crippen molar-refractivity contribution in [3.63, 3.8) is 0 Å². The maximum atomic E-state index is 13.9. The van der Waals surface area contributed by atoms with Crippen LogP contribution in [-0.2, 0) is 19.7 Å². The minimum Gasteiger partial charge on any atom is -0.457 e. The van der Waals surface area contributed by atoms with Crippen LogP contribution in [-0.4, -0.2) is 66.0 Å². The van der Waals surface area contributed by atoms with Crippen LogP contribution in [0.1, 0.15) is 68.3 Å². The van der Waals surface area contributed by atoms with Gasteiger partial charge in [-0.3, -0.25) is 19.3 Å². The molecule has 6 rings (SSSR count). The molecule has 7 nitrogen and oxygen atoms in total. The van der Waals surface area contributed by atoms with Gasteiger partial charge in [0.25, 0.3) is 5.91 Å². The van der Waals surface area contributed by atoms with Gasteiger partial charge in [0.05, 0.1) is 0 Å². The van der Waals surface area contributed by atoms with Gasteiger partial charge in [-0.25, -0.2) is 0 Å². The summed E-state index contributed by atoms with van der Waals surface area (Å²) in [4.78, 5) is 42.8. The number of carbonyl (C=O) groups is 3. The van der Waals surface area contributed by atoms with Gasteiger partial charge in [0.1, 0.15) is 11.4 Å². The number of benzene rings is 3. The van der Waals surface area contributed by atoms with E-state index < -0.39 is 11.0 Å². The topological polar surface area (TPSA) is 76.2 Å². The second-order valence-corrected chi connectivity index (χ2v) is 12.6. The summed E-state index contributed by atoms with van der Waals surface area (Å²) in [5.74, 6) is 0.524. The van der Waals surface area contributed by atoms with Gasteiger partial charge in [-0.2, -0.15) is 0 Å². The largest absolute Gasteiger partial charge is 0.457 e. The molecule has 3 aliphatic rings. The summed E-state index contributed by atoms with van der Waals surface area (Å²) in [7, 11) is 1.90. The molecule has 0 spiro atoms. The average Bonchev–Trinajstić information content (AvgIpc) is 3.79. The molecule has 3 atom stereocenters. The third kappa shape index (κ3) is 5.42. The van der Waals surface area contributed by atoms with Crippen molar-refractivity contribution < 1.29 is 23.9 Å². The fourth-order valence-electron chi connectivity index (χ4n) is 7.53. The van der Waals surface area contributed by atoms with Gasteiger partial charge in [-0.15, -0.1) is 0 Å². The number of fused-ring (bicyclic) bond motifs is 2. The van der Waals surface area contributed by atoms with E-state index in [9.17, 15) is 14.4 Å². The van der Waals surface area contributed by atoms with Crippen LogP contribution in [0.4, 0.5) is 0 Å². The van der Waals surface area contributed by atoms with E-state index in [0.29, 0.717) is 30.7 Å². The Balaban J connectivity index is 1.37. The zero-order valence-electron chi connectivity index (χ0n) is 24.8. The molecule has 1 saturated heterocycles. The quantitative estimate of drug-likeness (QED) is 0.267. The fourth-order valence-corrected chi connectivity index (χ4v) is 7.53. The van der Waals surface area contributed by atoms with Crippen LogP contribution >= 0.6 is 0 Å². The van der Waals surface area contributed by atoms with E-state index in [-0.39, 0.29) is 23.9 Å². The third-order valence-corrected chi connectivity index (χ3v) is 9.74. The first-order chi connectivity index (χ1) is 20.2. The van der Waals surface area contributed by atoms with E-state index in [1.54, 1.807) is 6.07 Å². The Morgan fingerprint density at radius 3 is 2.43 bits per heavy atom. The molecule has 0 N–H and O–H groups in total. The first-order valence-electron chi connectivity index (χ1n) is 15.1. The van der Waals surface area contributed by atoms with E-state index in [1.807, 2.05) is 66.5 Å². The molecule has 3 fully saturated rings. The highest BCUT2D eigenvalue weighted by Gasteiger charge is 2.61. The Labute approximate surface area is 247 Å². The molecule has 0 radical (unpaired) electrons. The number of hydrogen-bond donors (Lipinski definition) is 0. The number of piperidine rings is 1. The highest BCUT2D eigenvalue weighted by molar-refractivity contribution is 5.98. The number of likely N-dealkylation sites (tertiary alicyclic amines) is 1. The third-order valence-electron chi connectivity index (χ3n) is 9.74. The van der Waals surface area contributed by atoms with Gasteiger partial charge in [-0.05, 0) is 91.6 Å². The van der Waals surface area contributed by atoms with Crippen molar-refractivity contribution in [2.75, 3.05) is 26.7 Å². The van der Waals surface area contributed by atoms with Crippen molar-refractivity contribution in [3.8, 4) is 5.75 Å². The van der Waals surface area contributed by atoms with E-state index in [1.165, 1.54) is 26.7 Å². The zero-order valence-corrected chi connectivity index (χ0v) is 24.8. The first kappa shape index (κ1) is 28.4. The Morgan fingerprint density at radius 2 is 1.69 bits per heavy atom. The molecule has 0 unspecified atom stereocenters. The highest BCUT2D eigenvalue weighted by atomic mass is 16.6. The summed E-state index contributed by atoms with van der Waals surface area (Å²) in [6.07, 6.45) is 5.33. The number of carbonyl (C=O) groups excluding carboxylic acids is 3. The number of nitrogens with zero attached hydrogens (tertiary/aromatic N) is 2. The van der Waals surface area contributed by atoms with Gasteiger partial charge in [-0.1, -0.05) is 42.5 Å². The lowest BCUT2D eigenvalue weighted by molar-refractivity contribution is -0.188. The van der Waals surface area contributed by atoms with E-state index in [0.717, 1.165) is 48.2 Å². The van der Waals surface area contributed by atoms with Crippen LogP contribution in [0.3, 0.4) is 0 Å².